The van der Waals surface area contributed by atoms with Gasteiger partial charge in [0.05, 0.1) is 17.2 Å². The molecule has 0 unspecified atom stereocenters. The Bertz CT molecular complexity index is 653. The predicted octanol–water partition coefficient (Wildman–Crippen LogP) is 2.99. The highest BCUT2D eigenvalue weighted by Crippen LogP contribution is 2.16. The van der Waals surface area contributed by atoms with E-state index < -0.39 is 4.92 Å². The van der Waals surface area contributed by atoms with Crippen LogP contribution in [0.4, 0.5) is 5.69 Å². The second-order valence-corrected chi connectivity index (χ2v) is 4.34. The summed E-state index contributed by atoms with van der Waals surface area (Å²) in [6, 6.07) is 12.7. The van der Waals surface area contributed by atoms with Crippen LogP contribution in [0.5, 0.6) is 5.75 Å². The maximum atomic E-state index is 10.5. The summed E-state index contributed by atoms with van der Waals surface area (Å²) in [5, 5.41) is 19.9. The number of nitrogens with one attached hydrogen (secondary N) is 1. The highest BCUT2D eigenvalue weighted by molar-refractivity contribution is 5.61. The highest BCUT2D eigenvalue weighted by Gasteiger charge is 2.04. The van der Waals surface area contributed by atoms with E-state index in [0.29, 0.717) is 11.3 Å². The van der Waals surface area contributed by atoms with Crippen LogP contribution in [0.2, 0.25) is 0 Å². The van der Waals surface area contributed by atoms with Gasteiger partial charge >= 0.3 is 0 Å². The van der Waals surface area contributed by atoms with Crippen LogP contribution in [-0.2, 0) is 11.4 Å². The van der Waals surface area contributed by atoms with Crippen molar-refractivity contribution in [1.29, 1.82) is 0 Å². The van der Waals surface area contributed by atoms with Crippen LogP contribution >= 0.6 is 0 Å². The van der Waals surface area contributed by atoms with Crippen molar-refractivity contribution in [3.63, 3.8) is 0 Å². The number of hydroxylamine groups is 1. The van der Waals surface area contributed by atoms with E-state index in [-0.39, 0.29) is 18.0 Å². The van der Waals surface area contributed by atoms with Crippen LogP contribution in [0.25, 0.3) is 5.70 Å². The van der Waals surface area contributed by atoms with Crippen molar-refractivity contribution in [3.05, 3.63) is 76.4 Å². The summed E-state index contributed by atoms with van der Waals surface area (Å²) < 4.78 is 0. The molecular weight excluding hydrogens is 272 g/mol. The molecule has 0 radical (unpaired) electrons. The second kappa shape index (κ2) is 6.53. The van der Waals surface area contributed by atoms with Crippen molar-refractivity contribution in [2.75, 3.05) is 0 Å². The number of nitrogens with zero attached hydrogens (tertiary/aromatic N) is 1. The lowest BCUT2D eigenvalue weighted by molar-refractivity contribution is -0.384. The SMILES string of the molecule is C=C(NOCc1ccc([N+](=O)[O-])cc1)c1cccc(O)c1. The fourth-order valence-electron chi connectivity index (χ4n) is 1.67. The normalized spacial score (nSPS) is 10.1. The lowest BCUT2D eigenvalue weighted by Crippen LogP contribution is -2.12. The van der Waals surface area contributed by atoms with Crippen LogP contribution in [-0.4, -0.2) is 10.0 Å². The summed E-state index contributed by atoms with van der Waals surface area (Å²) in [6.45, 7) is 4.03. The summed E-state index contributed by atoms with van der Waals surface area (Å²) >= 11 is 0. The average Bonchev–Trinajstić information content (AvgIpc) is 2.47. The topological polar surface area (TPSA) is 84.6 Å². The first-order valence-corrected chi connectivity index (χ1v) is 6.16. The molecule has 0 saturated carbocycles. The van der Waals surface area contributed by atoms with Crippen LogP contribution in [0.3, 0.4) is 0 Å². The molecule has 2 rings (SSSR count). The van der Waals surface area contributed by atoms with Gasteiger partial charge in [-0.1, -0.05) is 18.7 Å². The molecule has 0 aliphatic carbocycles. The van der Waals surface area contributed by atoms with E-state index in [1.165, 1.54) is 12.1 Å². The Morgan fingerprint density at radius 2 is 2.00 bits per heavy atom. The van der Waals surface area contributed by atoms with Gasteiger partial charge in [0.2, 0.25) is 0 Å². The minimum Gasteiger partial charge on any atom is -0.508 e. The summed E-state index contributed by atoms with van der Waals surface area (Å²) in [7, 11) is 0. The maximum absolute atomic E-state index is 10.5. The fourth-order valence-corrected chi connectivity index (χ4v) is 1.67. The third kappa shape index (κ3) is 4.05. The average molecular weight is 286 g/mol. The number of phenols is 1. The van der Waals surface area contributed by atoms with Crippen molar-refractivity contribution < 1.29 is 14.9 Å². The first kappa shape index (κ1) is 14.5. The van der Waals surface area contributed by atoms with Crippen molar-refractivity contribution in [3.8, 4) is 5.75 Å². The largest absolute Gasteiger partial charge is 0.508 e. The highest BCUT2D eigenvalue weighted by atomic mass is 16.6. The van der Waals surface area contributed by atoms with E-state index in [0.717, 1.165) is 5.56 Å². The fraction of sp³-hybridized carbons (Fsp3) is 0.0667. The third-order valence-corrected chi connectivity index (χ3v) is 2.78. The van der Waals surface area contributed by atoms with Gasteiger partial charge in [0.1, 0.15) is 5.75 Å². The number of phenolic OH excluding ortho intramolecular Hbond substituents is 1. The zero-order chi connectivity index (χ0) is 15.2. The van der Waals surface area contributed by atoms with Gasteiger partial charge in [-0.15, -0.1) is 0 Å². The number of non-ortho nitro benzene ring substituents is 1. The predicted molar refractivity (Wildman–Crippen MR) is 78.2 cm³/mol. The van der Waals surface area contributed by atoms with E-state index in [1.54, 1.807) is 36.4 Å². The Kier molecular flexibility index (Phi) is 4.53. The van der Waals surface area contributed by atoms with Gasteiger partial charge in [0, 0.05) is 17.7 Å². The Labute approximate surface area is 121 Å². The maximum Gasteiger partial charge on any atom is 0.269 e. The van der Waals surface area contributed by atoms with Crippen LogP contribution in [0.1, 0.15) is 11.1 Å². The van der Waals surface area contributed by atoms with Gasteiger partial charge in [-0.25, -0.2) is 0 Å². The summed E-state index contributed by atoms with van der Waals surface area (Å²) in [5.74, 6) is 0.144. The van der Waals surface area contributed by atoms with E-state index in [2.05, 4.69) is 12.1 Å². The van der Waals surface area contributed by atoms with E-state index in [9.17, 15) is 15.2 Å². The van der Waals surface area contributed by atoms with Crippen molar-refractivity contribution >= 4 is 11.4 Å². The van der Waals surface area contributed by atoms with Gasteiger partial charge in [0.15, 0.2) is 0 Å². The van der Waals surface area contributed by atoms with Crippen LogP contribution in [0, 0.1) is 10.1 Å². The second-order valence-electron chi connectivity index (χ2n) is 4.34. The summed E-state index contributed by atoms with van der Waals surface area (Å²) in [5.41, 5.74) is 4.71. The number of hydrogen-bond donors (Lipinski definition) is 2. The molecule has 6 heteroatoms. The summed E-state index contributed by atoms with van der Waals surface area (Å²) in [6.07, 6.45) is 0. The molecular formula is C15H14N2O4. The molecule has 0 fully saturated rings. The zero-order valence-corrected chi connectivity index (χ0v) is 11.2. The number of benzene rings is 2. The van der Waals surface area contributed by atoms with Crippen molar-refractivity contribution in [2.45, 2.75) is 6.61 Å². The molecule has 21 heavy (non-hydrogen) atoms. The van der Waals surface area contributed by atoms with Crippen LogP contribution < -0.4 is 5.48 Å². The zero-order valence-electron chi connectivity index (χ0n) is 11.2. The number of rotatable bonds is 6. The number of hydrogen-bond acceptors (Lipinski definition) is 5. The Balaban J connectivity index is 1.86. The van der Waals surface area contributed by atoms with Gasteiger partial charge < -0.3 is 5.11 Å². The minimum absolute atomic E-state index is 0.0379. The van der Waals surface area contributed by atoms with Crippen molar-refractivity contribution in [1.82, 2.24) is 5.48 Å². The number of aromatic hydroxyl groups is 1. The van der Waals surface area contributed by atoms with E-state index in [4.69, 9.17) is 4.84 Å². The molecule has 2 aromatic carbocycles. The minimum atomic E-state index is -0.452. The molecule has 108 valence electrons. The van der Waals surface area contributed by atoms with Gasteiger partial charge in [-0.2, -0.15) is 0 Å². The molecule has 0 spiro atoms. The Morgan fingerprint density at radius 1 is 1.29 bits per heavy atom. The molecule has 0 atom stereocenters. The quantitative estimate of drug-likeness (QED) is 0.630. The lowest BCUT2D eigenvalue weighted by atomic mass is 10.2. The van der Waals surface area contributed by atoms with E-state index >= 15 is 0 Å². The molecule has 0 aliphatic rings. The summed E-state index contributed by atoms with van der Waals surface area (Å²) in [4.78, 5) is 15.4. The first-order valence-electron chi connectivity index (χ1n) is 6.16. The molecule has 0 heterocycles. The Hall–Kier alpha value is -2.86. The van der Waals surface area contributed by atoms with E-state index in [1.807, 2.05) is 0 Å². The van der Waals surface area contributed by atoms with Crippen LogP contribution in [0.15, 0.2) is 55.1 Å². The monoisotopic (exact) mass is 286 g/mol. The number of nitro benzene ring substituents is 1. The van der Waals surface area contributed by atoms with Crippen molar-refractivity contribution in [2.24, 2.45) is 0 Å². The third-order valence-electron chi connectivity index (χ3n) is 2.78. The van der Waals surface area contributed by atoms with Gasteiger partial charge in [-0.3, -0.25) is 20.4 Å². The standard InChI is InChI=1S/C15H14N2O4/c1-11(13-3-2-4-15(18)9-13)16-21-10-12-5-7-14(8-6-12)17(19)20/h2-9,16,18H,1,10H2. The lowest BCUT2D eigenvalue weighted by Gasteiger charge is -2.10. The number of nitro groups is 1. The Morgan fingerprint density at radius 3 is 2.62 bits per heavy atom. The molecule has 0 bridgehead atoms. The molecule has 2 N–H and O–H groups in total. The first-order chi connectivity index (χ1) is 10.1. The molecule has 0 aromatic heterocycles. The van der Waals surface area contributed by atoms with Gasteiger partial charge in [-0.05, 0) is 29.8 Å². The molecule has 6 nitrogen and oxygen atoms in total. The molecule has 2 aromatic rings. The molecule has 0 amide bonds. The van der Waals surface area contributed by atoms with Gasteiger partial charge in [0.25, 0.3) is 5.69 Å². The molecule has 0 aliphatic heterocycles. The molecule has 0 saturated heterocycles. The smallest absolute Gasteiger partial charge is 0.269 e.